The fourth-order valence-corrected chi connectivity index (χ4v) is 3.36. The van der Waals surface area contributed by atoms with Gasteiger partial charge in [-0.25, -0.2) is 0 Å². The number of nitrogens with zero attached hydrogens (tertiary/aromatic N) is 1. The van der Waals surface area contributed by atoms with Crippen LogP contribution in [0, 0.1) is 0 Å². The van der Waals surface area contributed by atoms with E-state index in [0.717, 1.165) is 40.0 Å². The van der Waals surface area contributed by atoms with Crippen molar-refractivity contribution < 1.29 is 9.84 Å². The van der Waals surface area contributed by atoms with Gasteiger partial charge in [0.25, 0.3) is 5.56 Å². The number of aromatic hydroxyl groups is 1. The molecular weight excluding hydrogens is 386 g/mol. The number of hydrogen-bond acceptors (Lipinski definition) is 3. The van der Waals surface area contributed by atoms with E-state index < -0.39 is 0 Å². The third-order valence-electron chi connectivity index (χ3n) is 4.75. The molecule has 3 aromatic rings. The number of alkyl halides is 1. The number of phenolic OH excluding ortho intramolecular Hbond substituents is 1. The molecule has 150 valence electrons. The van der Waals surface area contributed by atoms with E-state index in [2.05, 4.69) is 6.92 Å². The molecule has 0 bridgehead atoms. The van der Waals surface area contributed by atoms with E-state index in [0.29, 0.717) is 12.5 Å². The predicted octanol–water partition coefficient (Wildman–Crippen LogP) is 5.08. The van der Waals surface area contributed by atoms with Crippen LogP contribution in [0.2, 0.25) is 0 Å². The van der Waals surface area contributed by atoms with E-state index in [4.69, 9.17) is 16.3 Å². The Labute approximate surface area is 175 Å². The third-order valence-corrected chi connectivity index (χ3v) is 4.91. The van der Waals surface area contributed by atoms with E-state index >= 15 is 0 Å². The van der Waals surface area contributed by atoms with Crippen molar-refractivity contribution in [3.63, 3.8) is 0 Å². The second kappa shape index (κ2) is 9.48. The first kappa shape index (κ1) is 20.7. The maximum Gasteiger partial charge on any atom is 0.250 e. The van der Waals surface area contributed by atoms with Gasteiger partial charge in [-0.2, -0.15) is 0 Å². The summed E-state index contributed by atoms with van der Waals surface area (Å²) in [5.41, 5.74) is 4.89. The van der Waals surface area contributed by atoms with Gasteiger partial charge in [0.1, 0.15) is 18.1 Å². The molecule has 0 amide bonds. The molecule has 3 rings (SSSR count). The lowest BCUT2D eigenvalue weighted by Gasteiger charge is -2.17. The van der Waals surface area contributed by atoms with Crippen molar-refractivity contribution in [1.82, 2.24) is 4.57 Å². The average molecular weight is 410 g/mol. The first-order chi connectivity index (χ1) is 14.0. The zero-order valence-corrected chi connectivity index (χ0v) is 17.3. The summed E-state index contributed by atoms with van der Waals surface area (Å²) in [7, 11) is 1.74. The number of hydrogen-bond donors (Lipinski definition) is 1. The summed E-state index contributed by atoms with van der Waals surface area (Å²) in [5, 5.41) is 9.72. The number of halogens is 1. The van der Waals surface area contributed by atoms with Crippen molar-refractivity contribution in [3.05, 3.63) is 93.9 Å². The topological polar surface area (TPSA) is 51.5 Å². The molecule has 0 saturated heterocycles. The van der Waals surface area contributed by atoms with Crippen molar-refractivity contribution in [2.45, 2.75) is 13.3 Å². The lowest BCUT2D eigenvalue weighted by Crippen LogP contribution is -2.15. The highest BCUT2D eigenvalue weighted by molar-refractivity contribution is 6.18. The van der Waals surface area contributed by atoms with Crippen molar-refractivity contribution in [3.8, 4) is 11.5 Å². The van der Waals surface area contributed by atoms with Crippen LogP contribution in [0.1, 0.15) is 30.0 Å². The van der Waals surface area contributed by atoms with E-state index in [1.807, 2.05) is 42.5 Å². The number of allylic oxidation sites excluding steroid dienone is 1. The van der Waals surface area contributed by atoms with Gasteiger partial charge in [-0.15, -0.1) is 11.6 Å². The van der Waals surface area contributed by atoms with E-state index in [9.17, 15) is 9.90 Å². The van der Waals surface area contributed by atoms with Crippen molar-refractivity contribution >= 4 is 22.7 Å². The number of aromatic nitrogens is 1. The van der Waals surface area contributed by atoms with Gasteiger partial charge in [0.2, 0.25) is 0 Å². The van der Waals surface area contributed by atoms with Gasteiger partial charge in [0.05, 0.1) is 5.88 Å². The van der Waals surface area contributed by atoms with Gasteiger partial charge < -0.3 is 14.4 Å². The Morgan fingerprint density at radius 3 is 2.17 bits per heavy atom. The summed E-state index contributed by atoms with van der Waals surface area (Å²) in [5.74, 6) is 1.40. The lowest BCUT2D eigenvalue weighted by molar-refractivity contribution is 0.343. The lowest BCUT2D eigenvalue weighted by atomic mass is 9.88. The van der Waals surface area contributed by atoms with Crippen molar-refractivity contribution in [2.24, 2.45) is 7.05 Å². The van der Waals surface area contributed by atoms with Crippen molar-refractivity contribution in [2.75, 3.05) is 12.5 Å². The molecule has 0 aliphatic carbocycles. The number of ether oxygens (including phenoxy) is 1. The summed E-state index contributed by atoms with van der Waals surface area (Å²) in [4.78, 5) is 12.2. The zero-order chi connectivity index (χ0) is 20.8. The normalized spacial score (nSPS) is 11.8. The van der Waals surface area contributed by atoms with E-state index in [1.54, 1.807) is 36.0 Å². The van der Waals surface area contributed by atoms with Crippen LogP contribution in [0.5, 0.6) is 11.5 Å². The molecule has 0 radical (unpaired) electrons. The van der Waals surface area contributed by atoms with Crippen LogP contribution in [0.3, 0.4) is 0 Å². The Balaban J connectivity index is 2.18. The highest BCUT2D eigenvalue weighted by Gasteiger charge is 2.14. The molecule has 0 spiro atoms. The second-order valence-corrected chi connectivity index (χ2v) is 7.06. The molecule has 5 heteroatoms. The summed E-state index contributed by atoms with van der Waals surface area (Å²) >= 11 is 5.70. The average Bonchev–Trinajstić information content (AvgIpc) is 2.74. The van der Waals surface area contributed by atoms with Crippen LogP contribution in [-0.2, 0) is 7.05 Å². The number of benzene rings is 2. The van der Waals surface area contributed by atoms with Crippen LogP contribution in [0.15, 0.2) is 71.7 Å². The smallest absolute Gasteiger partial charge is 0.250 e. The second-order valence-electron chi connectivity index (χ2n) is 6.68. The summed E-state index contributed by atoms with van der Waals surface area (Å²) in [6.45, 7) is 2.53. The SMILES string of the molecule is CC/C(=C(\c1ccc(O)cc1)c1ccc(OCCCl)cc1)c1ccn(C)c(=O)c1. The fourth-order valence-electron chi connectivity index (χ4n) is 3.28. The summed E-state index contributed by atoms with van der Waals surface area (Å²) in [6.07, 6.45) is 2.53. The maximum atomic E-state index is 12.2. The van der Waals surface area contributed by atoms with Gasteiger partial charge >= 0.3 is 0 Å². The maximum absolute atomic E-state index is 12.2. The molecule has 1 N–H and O–H groups in total. The van der Waals surface area contributed by atoms with E-state index in [1.165, 1.54) is 0 Å². The Hall–Kier alpha value is -2.98. The Morgan fingerprint density at radius 2 is 1.62 bits per heavy atom. The predicted molar refractivity (Wildman–Crippen MR) is 119 cm³/mol. The van der Waals surface area contributed by atoms with Crippen LogP contribution < -0.4 is 10.3 Å². The first-order valence-corrected chi connectivity index (χ1v) is 10.1. The molecule has 0 aliphatic heterocycles. The molecule has 0 aliphatic rings. The Bertz CT molecular complexity index is 1050. The molecule has 2 aromatic carbocycles. The molecule has 29 heavy (non-hydrogen) atoms. The minimum absolute atomic E-state index is 0.0525. The summed E-state index contributed by atoms with van der Waals surface area (Å²) < 4.78 is 7.14. The fraction of sp³-hybridized carbons (Fsp3) is 0.208. The van der Waals surface area contributed by atoms with Crippen LogP contribution in [0.4, 0.5) is 0 Å². The molecule has 0 saturated carbocycles. The van der Waals surface area contributed by atoms with Gasteiger partial charge in [-0.05, 0) is 64.6 Å². The third kappa shape index (κ3) is 4.90. The Morgan fingerprint density at radius 1 is 1.00 bits per heavy atom. The van der Waals surface area contributed by atoms with Crippen LogP contribution in [0.25, 0.3) is 11.1 Å². The molecule has 1 heterocycles. The Kier molecular flexibility index (Phi) is 6.78. The standard InChI is InChI=1S/C24H24ClNO3/c1-3-22(19-12-14-26(2)23(28)16-19)24(17-4-8-20(27)9-5-17)18-6-10-21(11-7-18)29-15-13-25/h4-12,14,16,27H,3,13,15H2,1-2H3/b24-22-. The van der Waals surface area contributed by atoms with Crippen molar-refractivity contribution in [1.29, 1.82) is 0 Å². The molecule has 0 unspecified atom stereocenters. The number of rotatable bonds is 7. The largest absolute Gasteiger partial charge is 0.508 e. The van der Waals surface area contributed by atoms with Gasteiger partial charge in [-0.3, -0.25) is 4.79 Å². The quantitative estimate of drug-likeness (QED) is 0.554. The monoisotopic (exact) mass is 409 g/mol. The summed E-state index contributed by atoms with van der Waals surface area (Å²) in [6, 6.07) is 18.6. The molecule has 1 aromatic heterocycles. The molecule has 4 nitrogen and oxygen atoms in total. The minimum Gasteiger partial charge on any atom is -0.508 e. The number of pyridine rings is 1. The van der Waals surface area contributed by atoms with Gasteiger partial charge in [0.15, 0.2) is 0 Å². The molecule has 0 atom stereocenters. The van der Waals surface area contributed by atoms with Crippen LogP contribution >= 0.6 is 11.6 Å². The number of aryl methyl sites for hydroxylation is 1. The van der Waals surface area contributed by atoms with Gasteiger partial charge in [0, 0.05) is 19.3 Å². The van der Waals surface area contributed by atoms with E-state index in [-0.39, 0.29) is 11.3 Å². The highest BCUT2D eigenvalue weighted by Crippen LogP contribution is 2.35. The van der Waals surface area contributed by atoms with Crippen LogP contribution in [-0.4, -0.2) is 22.2 Å². The molecule has 0 fully saturated rings. The highest BCUT2D eigenvalue weighted by atomic mass is 35.5. The minimum atomic E-state index is -0.0525. The zero-order valence-electron chi connectivity index (χ0n) is 16.6. The first-order valence-electron chi connectivity index (χ1n) is 9.52. The molecular formula is C24H24ClNO3. The number of phenols is 1. The van der Waals surface area contributed by atoms with Gasteiger partial charge in [-0.1, -0.05) is 31.2 Å².